The van der Waals surface area contributed by atoms with Gasteiger partial charge in [0.1, 0.15) is 12.4 Å². The van der Waals surface area contributed by atoms with Gasteiger partial charge in [0, 0.05) is 24.0 Å². The predicted molar refractivity (Wildman–Crippen MR) is 123 cm³/mol. The van der Waals surface area contributed by atoms with E-state index in [4.69, 9.17) is 4.74 Å². The number of hydrogen-bond acceptors (Lipinski definition) is 8. The van der Waals surface area contributed by atoms with Crippen molar-refractivity contribution < 1.29 is 32.2 Å². The number of sulfonamides is 1. The molecule has 0 radical (unpaired) electrons. The van der Waals surface area contributed by atoms with Gasteiger partial charge in [-0.3, -0.25) is 4.98 Å². The molecule has 9 nitrogen and oxygen atoms in total. The fraction of sp³-hybridized carbons (Fsp3) is 0.208. The van der Waals surface area contributed by atoms with Crippen molar-refractivity contribution in [3.8, 4) is 5.75 Å². The normalized spacial score (nSPS) is 12.0. The van der Waals surface area contributed by atoms with E-state index < -0.39 is 28.0 Å². The van der Waals surface area contributed by atoms with E-state index in [-0.39, 0.29) is 16.0 Å². The summed E-state index contributed by atoms with van der Waals surface area (Å²) in [7, 11) is -1.78. The van der Waals surface area contributed by atoms with E-state index in [0.29, 0.717) is 17.9 Å². The number of ether oxygens (including phenoxy) is 3. The Morgan fingerprint density at radius 2 is 1.59 bits per heavy atom. The molecule has 0 amide bonds. The number of rotatable bonds is 9. The van der Waals surface area contributed by atoms with Gasteiger partial charge in [-0.25, -0.2) is 22.7 Å². The highest BCUT2D eigenvalue weighted by molar-refractivity contribution is 7.89. The molecule has 1 unspecified atom stereocenters. The monoisotopic (exact) mass is 484 g/mol. The minimum absolute atomic E-state index is 0.0893. The Hall–Kier alpha value is -3.76. The molecular weight excluding hydrogens is 460 g/mol. The van der Waals surface area contributed by atoms with Crippen LogP contribution in [0.5, 0.6) is 5.75 Å². The maximum absolute atomic E-state index is 13.0. The van der Waals surface area contributed by atoms with Crippen molar-refractivity contribution in [2.75, 3.05) is 14.2 Å². The predicted octanol–water partition coefficient (Wildman–Crippen LogP) is 3.27. The average Bonchev–Trinajstić information content (AvgIpc) is 2.86. The zero-order chi connectivity index (χ0) is 24.7. The summed E-state index contributed by atoms with van der Waals surface area (Å²) >= 11 is 0. The number of carbonyl (C=O) groups excluding carboxylic acids is 2. The molecule has 0 aliphatic carbocycles. The van der Waals surface area contributed by atoms with Gasteiger partial charge in [0.05, 0.1) is 30.2 Å². The number of esters is 2. The lowest BCUT2D eigenvalue weighted by Gasteiger charge is -2.16. The van der Waals surface area contributed by atoms with E-state index in [9.17, 15) is 18.0 Å². The molecule has 0 aliphatic heterocycles. The number of methoxy groups -OCH3 is 2. The van der Waals surface area contributed by atoms with E-state index in [1.165, 1.54) is 6.07 Å². The van der Waals surface area contributed by atoms with E-state index in [2.05, 4.69) is 19.2 Å². The second kappa shape index (κ2) is 10.9. The number of hydrogen-bond donors (Lipinski definition) is 1. The van der Waals surface area contributed by atoms with Gasteiger partial charge in [0.2, 0.25) is 10.0 Å². The molecule has 0 aliphatic rings. The molecule has 0 fully saturated rings. The number of pyridine rings is 1. The summed E-state index contributed by atoms with van der Waals surface area (Å²) in [5, 5.41) is 0. The largest absolute Gasteiger partial charge is 0.489 e. The van der Waals surface area contributed by atoms with Gasteiger partial charge in [-0.15, -0.1) is 0 Å². The summed E-state index contributed by atoms with van der Waals surface area (Å²) in [5.41, 5.74) is 1.44. The van der Waals surface area contributed by atoms with Gasteiger partial charge in [-0.2, -0.15) is 0 Å². The molecule has 0 bridgehead atoms. The van der Waals surface area contributed by atoms with Crippen LogP contribution in [0.15, 0.2) is 71.9 Å². The lowest BCUT2D eigenvalue weighted by molar-refractivity contribution is 0.0598. The van der Waals surface area contributed by atoms with Crippen LogP contribution in [-0.2, 0) is 26.1 Å². The van der Waals surface area contributed by atoms with Gasteiger partial charge in [0.15, 0.2) is 0 Å². The zero-order valence-electron chi connectivity index (χ0n) is 18.8. The summed E-state index contributed by atoms with van der Waals surface area (Å²) in [5.74, 6) is -0.939. The first-order valence-electron chi connectivity index (χ1n) is 10.2. The number of nitrogens with one attached hydrogen (secondary N) is 1. The van der Waals surface area contributed by atoms with Crippen LogP contribution in [0.3, 0.4) is 0 Å². The molecule has 0 spiro atoms. The fourth-order valence-corrected chi connectivity index (χ4v) is 4.40. The number of carbonyl (C=O) groups is 2. The lowest BCUT2D eigenvalue weighted by atomic mass is 10.1. The Bertz CT molecular complexity index is 1230. The van der Waals surface area contributed by atoms with Crippen LogP contribution in [-0.4, -0.2) is 39.6 Å². The van der Waals surface area contributed by atoms with Crippen molar-refractivity contribution in [1.82, 2.24) is 9.71 Å². The molecule has 3 rings (SSSR count). The smallest absolute Gasteiger partial charge is 0.337 e. The van der Waals surface area contributed by atoms with Gasteiger partial charge >= 0.3 is 11.9 Å². The summed E-state index contributed by atoms with van der Waals surface area (Å²) in [6.45, 7) is 2.03. The Morgan fingerprint density at radius 1 is 0.971 bits per heavy atom. The molecule has 10 heteroatoms. The Labute approximate surface area is 197 Å². The molecule has 0 saturated carbocycles. The van der Waals surface area contributed by atoms with Gasteiger partial charge < -0.3 is 14.2 Å². The van der Waals surface area contributed by atoms with Crippen LogP contribution >= 0.6 is 0 Å². The topological polar surface area (TPSA) is 121 Å². The maximum atomic E-state index is 13.0. The number of aromatic nitrogens is 1. The molecule has 178 valence electrons. The Morgan fingerprint density at radius 3 is 2.12 bits per heavy atom. The fourth-order valence-electron chi connectivity index (χ4n) is 3.10. The highest BCUT2D eigenvalue weighted by atomic mass is 32.2. The standard InChI is InChI=1S/C24H24N2O7S/c1-16(18-6-8-21(9-7-18)33-15-17-5-4-10-25-14-17)26-34(29,30)22-12-19(23(27)31-2)11-20(13-22)24(28)32-3/h4-14,16,26H,15H2,1-3H3. The molecule has 1 heterocycles. The highest BCUT2D eigenvalue weighted by Crippen LogP contribution is 2.22. The first-order chi connectivity index (χ1) is 16.2. The second-order valence-corrected chi connectivity index (χ2v) is 9.01. The second-order valence-electron chi connectivity index (χ2n) is 7.29. The minimum atomic E-state index is -4.10. The molecule has 1 atom stereocenters. The average molecular weight is 485 g/mol. The minimum Gasteiger partial charge on any atom is -0.489 e. The molecule has 3 aromatic rings. The van der Waals surface area contributed by atoms with Gasteiger partial charge in [-0.1, -0.05) is 18.2 Å². The number of benzene rings is 2. The van der Waals surface area contributed by atoms with E-state index in [1.807, 2.05) is 12.1 Å². The van der Waals surface area contributed by atoms with Crippen molar-refractivity contribution in [3.63, 3.8) is 0 Å². The summed E-state index contributed by atoms with van der Waals surface area (Å²) in [6.07, 6.45) is 3.40. The first-order valence-corrected chi connectivity index (χ1v) is 11.7. The zero-order valence-corrected chi connectivity index (χ0v) is 19.7. The van der Waals surface area contributed by atoms with Crippen LogP contribution in [0.4, 0.5) is 0 Å². The maximum Gasteiger partial charge on any atom is 0.337 e. The van der Waals surface area contributed by atoms with Gasteiger partial charge in [0.25, 0.3) is 0 Å². The van der Waals surface area contributed by atoms with Crippen LogP contribution in [0.25, 0.3) is 0 Å². The van der Waals surface area contributed by atoms with E-state index >= 15 is 0 Å². The van der Waals surface area contributed by atoms with Crippen molar-refractivity contribution in [3.05, 3.63) is 89.2 Å². The summed E-state index contributed by atoms with van der Waals surface area (Å²) < 4.78 is 43.6. The third kappa shape index (κ3) is 6.18. The molecule has 0 saturated heterocycles. The third-order valence-electron chi connectivity index (χ3n) is 4.90. The summed E-state index contributed by atoms with van der Waals surface area (Å²) in [6, 6.07) is 13.6. The van der Waals surface area contributed by atoms with Crippen molar-refractivity contribution in [2.24, 2.45) is 0 Å². The molecule has 2 aromatic carbocycles. The Balaban J connectivity index is 1.76. The van der Waals surface area contributed by atoms with Crippen LogP contribution < -0.4 is 9.46 Å². The summed E-state index contributed by atoms with van der Waals surface area (Å²) in [4.78, 5) is 27.7. The SMILES string of the molecule is COC(=O)c1cc(C(=O)OC)cc(S(=O)(=O)NC(C)c2ccc(OCc3cccnc3)cc2)c1. The third-order valence-corrected chi connectivity index (χ3v) is 6.42. The highest BCUT2D eigenvalue weighted by Gasteiger charge is 2.23. The van der Waals surface area contributed by atoms with Crippen LogP contribution in [0.1, 0.15) is 44.8 Å². The molecule has 1 aromatic heterocycles. The molecule has 1 N–H and O–H groups in total. The quantitative estimate of drug-likeness (QED) is 0.460. The first kappa shape index (κ1) is 24.9. The van der Waals surface area contributed by atoms with Crippen molar-refractivity contribution in [2.45, 2.75) is 24.5 Å². The van der Waals surface area contributed by atoms with E-state index in [1.54, 1.807) is 43.6 Å². The van der Waals surface area contributed by atoms with Crippen LogP contribution in [0, 0.1) is 0 Å². The van der Waals surface area contributed by atoms with Crippen molar-refractivity contribution >= 4 is 22.0 Å². The van der Waals surface area contributed by atoms with Crippen LogP contribution in [0.2, 0.25) is 0 Å². The van der Waals surface area contributed by atoms with E-state index in [0.717, 1.165) is 31.9 Å². The lowest BCUT2D eigenvalue weighted by Crippen LogP contribution is -2.27. The number of nitrogens with zero attached hydrogens (tertiary/aromatic N) is 1. The molecule has 34 heavy (non-hydrogen) atoms. The van der Waals surface area contributed by atoms with Crippen molar-refractivity contribution in [1.29, 1.82) is 0 Å². The van der Waals surface area contributed by atoms with Gasteiger partial charge in [-0.05, 0) is 48.9 Å². The molecular formula is C24H24N2O7S. The Kier molecular flexibility index (Phi) is 7.98.